The molecule has 0 saturated carbocycles. The standard InChI is InChI=1S/C15H31N3O2S/c1-4-16-14(3)15-7-11-18(12-8-15)21(19,20)17-9-5-13(2)6-10-17/h13-16H,4-12H2,1-3H3. The van der Waals surface area contributed by atoms with Crippen LogP contribution in [-0.2, 0) is 10.2 Å². The van der Waals surface area contributed by atoms with E-state index in [0.717, 1.165) is 32.2 Å². The van der Waals surface area contributed by atoms with E-state index in [0.29, 0.717) is 44.1 Å². The Kier molecular flexibility index (Phi) is 6.05. The topological polar surface area (TPSA) is 52.7 Å². The summed E-state index contributed by atoms with van der Waals surface area (Å²) in [6, 6.07) is 0.482. The van der Waals surface area contributed by atoms with E-state index in [2.05, 4.69) is 26.1 Å². The van der Waals surface area contributed by atoms with Gasteiger partial charge in [0.1, 0.15) is 0 Å². The predicted molar refractivity (Wildman–Crippen MR) is 86.3 cm³/mol. The van der Waals surface area contributed by atoms with Crippen molar-refractivity contribution in [2.75, 3.05) is 32.7 Å². The van der Waals surface area contributed by atoms with Crippen molar-refractivity contribution in [3.8, 4) is 0 Å². The highest BCUT2D eigenvalue weighted by Crippen LogP contribution is 2.26. The van der Waals surface area contributed by atoms with Crippen LogP contribution in [0.5, 0.6) is 0 Å². The van der Waals surface area contributed by atoms with Crippen LogP contribution in [0.15, 0.2) is 0 Å². The van der Waals surface area contributed by atoms with Crippen molar-refractivity contribution in [3.63, 3.8) is 0 Å². The quantitative estimate of drug-likeness (QED) is 0.839. The van der Waals surface area contributed by atoms with Crippen molar-refractivity contribution in [1.29, 1.82) is 0 Å². The van der Waals surface area contributed by atoms with E-state index in [1.54, 1.807) is 8.61 Å². The number of piperidine rings is 2. The molecule has 2 aliphatic rings. The second-order valence-corrected chi connectivity index (χ2v) is 8.60. The fourth-order valence-corrected chi connectivity index (χ4v) is 5.15. The summed E-state index contributed by atoms with van der Waals surface area (Å²) in [5.74, 6) is 1.25. The Morgan fingerprint density at radius 3 is 2.00 bits per heavy atom. The molecule has 0 aliphatic carbocycles. The molecule has 1 N–H and O–H groups in total. The zero-order valence-electron chi connectivity index (χ0n) is 13.7. The molecule has 0 aromatic carbocycles. The minimum absolute atomic E-state index is 0.482. The highest BCUT2D eigenvalue weighted by atomic mass is 32.2. The Labute approximate surface area is 130 Å². The van der Waals surface area contributed by atoms with Gasteiger partial charge in [0.25, 0.3) is 10.2 Å². The predicted octanol–water partition coefficient (Wildman–Crippen LogP) is 1.67. The molecular formula is C15H31N3O2S. The highest BCUT2D eigenvalue weighted by Gasteiger charge is 2.35. The number of hydrogen-bond acceptors (Lipinski definition) is 3. The van der Waals surface area contributed by atoms with E-state index in [-0.39, 0.29) is 0 Å². The molecule has 5 nitrogen and oxygen atoms in total. The lowest BCUT2D eigenvalue weighted by Gasteiger charge is -2.38. The molecule has 0 bridgehead atoms. The molecule has 2 saturated heterocycles. The maximum Gasteiger partial charge on any atom is 0.281 e. The average Bonchev–Trinajstić information content (AvgIpc) is 2.48. The van der Waals surface area contributed by atoms with E-state index in [1.165, 1.54) is 0 Å². The molecule has 1 atom stereocenters. The monoisotopic (exact) mass is 317 g/mol. The smallest absolute Gasteiger partial charge is 0.281 e. The summed E-state index contributed by atoms with van der Waals surface area (Å²) >= 11 is 0. The van der Waals surface area contributed by atoms with Gasteiger partial charge in [-0.3, -0.25) is 0 Å². The van der Waals surface area contributed by atoms with Gasteiger partial charge in [0.2, 0.25) is 0 Å². The molecular weight excluding hydrogens is 286 g/mol. The summed E-state index contributed by atoms with van der Waals surface area (Å²) in [7, 11) is -3.22. The van der Waals surface area contributed by atoms with Crippen molar-refractivity contribution in [2.45, 2.75) is 52.5 Å². The Hall–Kier alpha value is -0.170. The van der Waals surface area contributed by atoms with Crippen LogP contribution in [0, 0.1) is 11.8 Å². The third kappa shape index (κ3) is 4.18. The Balaban J connectivity index is 1.89. The Morgan fingerprint density at radius 1 is 1.05 bits per heavy atom. The second-order valence-electron chi connectivity index (χ2n) is 6.67. The summed E-state index contributed by atoms with van der Waals surface area (Å²) in [6.07, 6.45) is 3.93. The largest absolute Gasteiger partial charge is 0.314 e. The normalized spacial score (nSPS) is 26.0. The van der Waals surface area contributed by atoms with Gasteiger partial charge >= 0.3 is 0 Å². The first kappa shape index (κ1) is 17.2. The minimum atomic E-state index is -3.22. The lowest BCUT2D eigenvalue weighted by Crippen LogP contribution is -2.50. The average molecular weight is 317 g/mol. The van der Waals surface area contributed by atoms with Crippen molar-refractivity contribution in [3.05, 3.63) is 0 Å². The first-order valence-electron chi connectivity index (χ1n) is 8.43. The molecule has 0 aromatic rings. The van der Waals surface area contributed by atoms with Crippen molar-refractivity contribution < 1.29 is 8.42 Å². The minimum Gasteiger partial charge on any atom is -0.314 e. The summed E-state index contributed by atoms with van der Waals surface area (Å²) in [5, 5.41) is 3.46. The van der Waals surface area contributed by atoms with Crippen molar-refractivity contribution >= 4 is 10.2 Å². The zero-order valence-corrected chi connectivity index (χ0v) is 14.5. The molecule has 0 aromatic heterocycles. The van der Waals surface area contributed by atoms with E-state index < -0.39 is 10.2 Å². The van der Waals surface area contributed by atoms with E-state index >= 15 is 0 Å². The number of nitrogens with zero attached hydrogens (tertiary/aromatic N) is 2. The van der Waals surface area contributed by atoms with Gasteiger partial charge in [0.15, 0.2) is 0 Å². The molecule has 2 aliphatic heterocycles. The van der Waals surface area contributed by atoms with Crippen molar-refractivity contribution in [1.82, 2.24) is 13.9 Å². The second kappa shape index (κ2) is 7.40. The van der Waals surface area contributed by atoms with Gasteiger partial charge in [-0.25, -0.2) is 0 Å². The SMILES string of the molecule is CCNC(C)C1CCN(S(=O)(=O)N2CCC(C)CC2)CC1. The number of nitrogens with one attached hydrogen (secondary N) is 1. The summed E-state index contributed by atoms with van der Waals surface area (Å²) in [6.45, 7) is 10.2. The molecule has 21 heavy (non-hydrogen) atoms. The molecule has 6 heteroatoms. The number of hydrogen-bond donors (Lipinski definition) is 1. The molecule has 0 radical (unpaired) electrons. The first-order valence-corrected chi connectivity index (χ1v) is 9.83. The maximum atomic E-state index is 12.7. The third-order valence-electron chi connectivity index (χ3n) is 5.13. The van der Waals surface area contributed by atoms with E-state index in [1.807, 2.05) is 0 Å². The van der Waals surface area contributed by atoms with Crippen molar-refractivity contribution in [2.24, 2.45) is 11.8 Å². The molecule has 1 unspecified atom stereocenters. The van der Waals surface area contributed by atoms with Gasteiger partial charge in [-0.1, -0.05) is 13.8 Å². The van der Waals surface area contributed by atoms with Crippen LogP contribution in [0.25, 0.3) is 0 Å². The van der Waals surface area contributed by atoms with Crippen LogP contribution in [0.4, 0.5) is 0 Å². The fourth-order valence-electron chi connectivity index (χ4n) is 3.47. The first-order chi connectivity index (χ1) is 9.95. The Bertz CT molecular complexity index is 411. The van der Waals surface area contributed by atoms with Crippen LogP contribution in [0.1, 0.15) is 46.5 Å². The number of rotatable bonds is 5. The Morgan fingerprint density at radius 2 is 1.52 bits per heavy atom. The fraction of sp³-hybridized carbons (Fsp3) is 1.00. The van der Waals surface area contributed by atoms with Crippen LogP contribution in [0.2, 0.25) is 0 Å². The third-order valence-corrected chi connectivity index (χ3v) is 7.16. The molecule has 2 heterocycles. The van der Waals surface area contributed by atoms with Gasteiger partial charge < -0.3 is 5.32 Å². The molecule has 0 amide bonds. The maximum absolute atomic E-state index is 12.7. The molecule has 2 rings (SSSR count). The highest BCUT2D eigenvalue weighted by molar-refractivity contribution is 7.86. The van der Waals surface area contributed by atoms with Crippen LogP contribution >= 0.6 is 0 Å². The molecule has 0 spiro atoms. The van der Waals surface area contributed by atoms with Gasteiger partial charge in [0, 0.05) is 32.2 Å². The van der Waals surface area contributed by atoms with E-state index in [4.69, 9.17) is 0 Å². The van der Waals surface area contributed by atoms with Gasteiger partial charge in [0.05, 0.1) is 0 Å². The zero-order chi connectivity index (χ0) is 15.5. The molecule has 2 fully saturated rings. The summed E-state index contributed by atoms with van der Waals surface area (Å²) in [5.41, 5.74) is 0. The van der Waals surface area contributed by atoms with Gasteiger partial charge in [-0.15, -0.1) is 0 Å². The van der Waals surface area contributed by atoms with Crippen LogP contribution < -0.4 is 5.32 Å². The lowest BCUT2D eigenvalue weighted by atomic mass is 9.91. The van der Waals surface area contributed by atoms with Gasteiger partial charge in [-0.05, 0) is 51.0 Å². The van der Waals surface area contributed by atoms with Gasteiger partial charge in [-0.2, -0.15) is 17.0 Å². The summed E-state index contributed by atoms with van der Waals surface area (Å²) < 4.78 is 28.8. The lowest BCUT2D eigenvalue weighted by molar-refractivity contribution is 0.210. The van der Waals surface area contributed by atoms with Crippen LogP contribution in [0.3, 0.4) is 0 Å². The van der Waals surface area contributed by atoms with Crippen LogP contribution in [-0.4, -0.2) is 55.8 Å². The molecule has 124 valence electrons. The van der Waals surface area contributed by atoms with E-state index in [9.17, 15) is 8.42 Å². The summed E-state index contributed by atoms with van der Waals surface area (Å²) in [4.78, 5) is 0.